The second-order valence-electron chi connectivity index (χ2n) is 15.3. The Kier molecular flexibility index (Phi) is 10.3. The number of carbonyl (C=O) groups is 4. The predicted octanol–water partition coefficient (Wildman–Crippen LogP) is 3.13. The molecule has 0 unspecified atom stereocenters. The van der Waals surface area contributed by atoms with Gasteiger partial charge in [-0.2, -0.15) is 8.42 Å². The van der Waals surface area contributed by atoms with Crippen molar-refractivity contribution in [2.75, 3.05) is 13.7 Å². The lowest BCUT2D eigenvalue weighted by Crippen LogP contribution is -2.60. The van der Waals surface area contributed by atoms with E-state index in [0.29, 0.717) is 24.0 Å². The Morgan fingerprint density at radius 2 is 1.78 bits per heavy atom. The average molecular weight is 730 g/mol. The Labute approximate surface area is 298 Å². The number of likely N-dealkylation sites (tertiary alicyclic amines) is 1. The minimum Gasteiger partial charge on any atom is -0.497 e. The zero-order valence-corrected chi connectivity index (χ0v) is 30.8. The van der Waals surface area contributed by atoms with Crippen LogP contribution < -0.4 is 24.8 Å². The Balaban J connectivity index is 1.43. The Morgan fingerprint density at radius 3 is 2.37 bits per heavy atom. The van der Waals surface area contributed by atoms with Crippen molar-refractivity contribution < 1.29 is 46.0 Å². The first-order valence-corrected chi connectivity index (χ1v) is 18.3. The van der Waals surface area contributed by atoms with E-state index in [4.69, 9.17) is 18.4 Å². The molecule has 5 atom stereocenters. The van der Waals surface area contributed by atoms with Crippen LogP contribution in [0.1, 0.15) is 67.2 Å². The third-order valence-corrected chi connectivity index (χ3v) is 9.85. The number of pyridine rings is 1. The number of carbonyl (C=O) groups excluding carboxylic acids is 4. The molecule has 1 aromatic carbocycles. The van der Waals surface area contributed by atoms with Crippen LogP contribution >= 0.6 is 0 Å². The molecule has 1 aromatic heterocycles. The van der Waals surface area contributed by atoms with Crippen LogP contribution in [0.25, 0.3) is 10.8 Å². The fraction of sp³-hybridized carbons (Fsp3) is 0.571. The molecule has 2 aromatic rings. The summed E-state index contributed by atoms with van der Waals surface area (Å²) in [4.78, 5) is 60.7. The number of hydrogen-bond acceptors (Lipinski definition) is 11. The van der Waals surface area contributed by atoms with Gasteiger partial charge in [-0.3, -0.25) is 18.6 Å². The summed E-state index contributed by atoms with van der Waals surface area (Å²) < 4.78 is 49.1. The number of amides is 4. The van der Waals surface area contributed by atoms with E-state index in [9.17, 15) is 27.6 Å². The van der Waals surface area contributed by atoms with Gasteiger partial charge in [-0.25, -0.2) is 14.5 Å². The van der Waals surface area contributed by atoms with Gasteiger partial charge in [-0.15, -0.1) is 6.58 Å². The summed E-state index contributed by atoms with van der Waals surface area (Å²) in [6.45, 7) is 14.1. The fourth-order valence-corrected chi connectivity index (χ4v) is 7.04. The lowest BCUT2D eigenvalue weighted by Gasteiger charge is -2.36. The molecule has 51 heavy (non-hydrogen) atoms. The molecule has 0 spiro atoms. The number of nitrogens with one attached hydrogen (secondary N) is 3. The van der Waals surface area contributed by atoms with Crippen LogP contribution in [0.2, 0.25) is 0 Å². The van der Waals surface area contributed by atoms with Crippen molar-refractivity contribution in [1.82, 2.24) is 25.2 Å². The zero-order chi connectivity index (χ0) is 37.5. The maximum absolute atomic E-state index is 14.4. The number of benzene rings is 1. The summed E-state index contributed by atoms with van der Waals surface area (Å²) in [5.41, 5.74) is -3.30. The molecule has 2 heterocycles. The summed E-state index contributed by atoms with van der Waals surface area (Å²) in [6, 6.07) is 4.87. The van der Waals surface area contributed by atoms with Crippen molar-refractivity contribution in [3.63, 3.8) is 0 Å². The number of aromatic nitrogens is 1. The van der Waals surface area contributed by atoms with E-state index in [2.05, 4.69) is 22.2 Å². The van der Waals surface area contributed by atoms with Gasteiger partial charge in [0, 0.05) is 23.9 Å². The monoisotopic (exact) mass is 729 g/mol. The number of fused-ring (bicyclic) bond motifs is 1. The molecule has 3 fully saturated rings. The lowest BCUT2D eigenvalue weighted by molar-refractivity contribution is -0.143. The molecule has 278 valence electrons. The van der Waals surface area contributed by atoms with E-state index < -0.39 is 80.9 Å². The molecular weight excluding hydrogens is 682 g/mol. The Hall–Kier alpha value is -4.44. The molecule has 3 aliphatic rings. The second-order valence-corrected chi connectivity index (χ2v) is 16.6. The molecule has 16 heteroatoms. The van der Waals surface area contributed by atoms with E-state index >= 15 is 0 Å². The average Bonchev–Trinajstić information content (AvgIpc) is 3.94. The topological polar surface area (TPSA) is 192 Å². The van der Waals surface area contributed by atoms with Gasteiger partial charge in [0.05, 0.1) is 19.8 Å². The Bertz CT molecular complexity index is 1820. The minimum atomic E-state index is -4.43. The van der Waals surface area contributed by atoms with E-state index in [0.717, 1.165) is 5.39 Å². The number of hydrogen-bond donors (Lipinski definition) is 3. The quantitative estimate of drug-likeness (QED) is 0.272. The van der Waals surface area contributed by atoms with E-state index in [1.165, 1.54) is 11.0 Å². The van der Waals surface area contributed by atoms with Crippen LogP contribution in [0.4, 0.5) is 4.79 Å². The first kappa shape index (κ1) is 37.8. The van der Waals surface area contributed by atoms with Gasteiger partial charge in [0.2, 0.25) is 17.7 Å². The predicted molar refractivity (Wildman–Crippen MR) is 186 cm³/mol. The maximum atomic E-state index is 14.4. The fourth-order valence-electron chi connectivity index (χ4n) is 6.03. The third kappa shape index (κ3) is 8.90. The largest absolute Gasteiger partial charge is 0.497 e. The van der Waals surface area contributed by atoms with Crippen molar-refractivity contribution in [3.05, 3.63) is 43.1 Å². The smallest absolute Gasteiger partial charge is 0.408 e. The summed E-state index contributed by atoms with van der Waals surface area (Å²) in [5, 5.41) is 6.89. The van der Waals surface area contributed by atoms with Crippen LogP contribution in [0.15, 0.2) is 43.1 Å². The van der Waals surface area contributed by atoms with Gasteiger partial charge in [-0.05, 0) is 75.1 Å². The lowest BCUT2D eigenvalue weighted by atomic mass is 9.85. The second kappa shape index (κ2) is 13.9. The number of ether oxygens (including phenoxy) is 3. The summed E-state index contributed by atoms with van der Waals surface area (Å²) in [6.07, 6.45) is 2.19. The highest BCUT2D eigenvalue weighted by Gasteiger charge is 2.62. The van der Waals surface area contributed by atoms with Crippen molar-refractivity contribution in [3.8, 4) is 11.6 Å². The highest BCUT2D eigenvalue weighted by Crippen LogP contribution is 2.45. The standard InChI is InChI=1S/C35H47N5O10S/c1-9-21-18-35(21,31(43)39-51(45,46)50-22-10-11-22)38-28(41)26-17-24(48-29-25-13-12-23(47-8)16-20(25)14-15-36-29)19-40(26)30(42)27(33(2,3)4)37-32(44)49-34(5,6)7/h9,12-16,21-22,24,26-27H,1,10-11,17-19H2,2-8H3,(H,37,44)(H,38,41)(H,39,43)/t21-,24+,26-,27+,35+/m0/s1. The van der Waals surface area contributed by atoms with Crippen LogP contribution in [-0.4, -0.2) is 91.2 Å². The van der Waals surface area contributed by atoms with Crippen LogP contribution in [0.3, 0.4) is 0 Å². The molecule has 0 bridgehead atoms. The number of alkyl carbamates (subject to hydrolysis) is 1. The van der Waals surface area contributed by atoms with Gasteiger partial charge in [-0.1, -0.05) is 26.8 Å². The molecule has 2 saturated carbocycles. The van der Waals surface area contributed by atoms with E-state index in [-0.39, 0.29) is 25.3 Å². The SMILES string of the molecule is C=C[C@H]1C[C@]1(NC(=O)[C@@H]1C[C@@H](Oc2nccc3cc(OC)ccc23)CN1C(=O)[C@@H](NC(=O)OC(C)(C)C)C(C)(C)C)C(=O)NS(=O)(=O)OC1CC1. The zero-order valence-electron chi connectivity index (χ0n) is 30.0. The van der Waals surface area contributed by atoms with Gasteiger partial charge in [0.15, 0.2) is 0 Å². The molecule has 1 saturated heterocycles. The van der Waals surface area contributed by atoms with Crippen LogP contribution in [0.5, 0.6) is 11.6 Å². The normalized spacial score (nSPS) is 23.9. The molecule has 0 radical (unpaired) electrons. The van der Waals surface area contributed by atoms with Crippen molar-refractivity contribution in [2.24, 2.45) is 11.3 Å². The molecule has 1 aliphatic heterocycles. The first-order valence-electron chi connectivity index (χ1n) is 16.8. The molecule has 2 aliphatic carbocycles. The molecule has 3 N–H and O–H groups in total. The molecular formula is C35H47N5O10S. The summed E-state index contributed by atoms with van der Waals surface area (Å²) in [7, 11) is -2.87. The van der Waals surface area contributed by atoms with Crippen LogP contribution in [-0.2, 0) is 33.6 Å². The van der Waals surface area contributed by atoms with Gasteiger partial charge in [0.25, 0.3) is 5.91 Å². The van der Waals surface area contributed by atoms with E-state index in [1.807, 2.05) is 10.8 Å². The van der Waals surface area contributed by atoms with Gasteiger partial charge < -0.3 is 29.7 Å². The molecule has 4 amide bonds. The van der Waals surface area contributed by atoms with Crippen LogP contribution in [0, 0.1) is 11.3 Å². The maximum Gasteiger partial charge on any atom is 0.408 e. The summed E-state index contributed by atoms with van der Waals surface area (Å²) in [5.74, 6) is -1.93. The molecule has 5 rings (SSSR count). The third-order valence-electron chi connectivity index (χ3n) is 8.89. The van der Waals surface area contributed by atoms with Crippen molar-refractivity contribution >= 4 is 44.9 Å². The number of nitrogens with zero attached hydrogens (tertiary/aromatic N) is 2. The summed E-state index contributed by atoms with van der Waals surface area (Å²) >= 11 is 0. The first-order chi connectivity index (χ1) is 23.7. The minimum absolute atomic E-state index is 0.00532. The highest BCUT2D eigenvalue weighted by atomic mass is 32.2. The Morgan fingerprint density at radius 1 is 1.08 bits per heavy atom. The highest BCUT2D eigenvalue weighted by molar-refractivity contribution is 7.85. The number of methoxy groups -OCH3 is 1. The van der Waals surface area contributed by atoms with Gasteiger partial charge >= 0.3 is 16.4 Å². The van der Waals surface area contributed by atoms with Crippen molar-refractivity contribution in [2.45, 2.75) is 103 Å². The molecule has 15 nitrogen and oxygen atoms in total. The van der Waals surface area contributed by atoms with Gasteiger partial charge in [0.1, 0.15) is 35.1 Å². The number of rotatable bonds is 12. The van der Waals surface area contributed by atoms with E-state index in [1.54, 1.807) is 73.0 Å². The van der Waals surface area contributed by atoms with Crippen molar-refractivity contribution in [1.29, 1.82) is 0 Å².